The minimum atomic E-state index is -3.98. The summed E-state index contributed by atoms with van der Waals surface area (Å²) in [5.74, 6) is 0. The molecule has 1 aliphatic heterocycles. The van der Waals surface area contributed by atoms with Crippen LogP contribution < -0.4 is 0 Å². The summed E-state index contributed by atoms with van der Waals surface area (Å²) in [4.78, 5) is 0.0175. The number of hydrogen-bond donors (Lipinski definition) is 2. The van der Waals surface area contributed by atoms with Crippen molar-refractivity contribution in [2.75, 3.05) is 0 Å². The second-order valence-corrected chi connectivity index (χ2v) is 6.50. The summed E-state index contributed by atoms with van der Waals surface area (Å²) < 4.78 is 34.3. The van der Waals surface area contributed by atoms with E-state index in [1.54, 1.807) is 19.1 Å². The summed E-state index contributed by atoms with van der Waals surface area (Å²) in [6.45, 7) is 3.39. The van der Waals surface area contributed by atoms with E-state index in [1.165, 1.54) is 12.1 Å². The summed E-state index contributed by atoms with van der Waals surface area (Å²) in [6, 6.07) is 6.20. The van der Waals surface area contributed by atoms with E-state index < -0.39 is 34.7 Å². The lowest BCUT2D eigenvalue weighted by atomic mass is 10.0. The third-order valence-corrected chi connectivity index (χ3v) is 4.58. The molecule has 0 aromatic heterocycles. The Morgan fingerprint density at radius 2 is 1.85 bits per heavy atom. The summed E-state index contributed by atoms with van der Waals surface area (Å²) in [5.41, 5.74) is 0.930. The summed E-state index contributed by atoms with van der Waals surface area (Å²) in [5, 5.41) is 19.3. The van der Waals surface area contributed by atoms with Gasteiger partial charge in [0.2, 0.25) is 0 Å². The molecule has 0 spiro atoms. The molecule has 2 N–H and O–H groups in total. The molecule has 1 aliphatic rings. The van der Waals surface area contributed by atoms with Gasteiger partial charge in [0.05, 0.1) is 11.0 Å². The van der Waals surface area contributed by atoms with Crippen LogP contribution >= 0.6 is 0 Å². The third-order valence-electron chi connectivity index (χ3n) is 3.23. The van der Waals surface area contributed by atoms with E-state index >= 15 is 0 Å². The second-order valence-electron chi connectivity index (χ2n) is 4.92. The molecule has 0 amide bonds. The molecule has 1 aromatic rings. The Morgan fingerprint density at radius 3 is 2.45 bits per heavy atom. The van der Waals surface area contributed by atoms with Gasteiger partial charge in [0.1, 0.15) is 12.2 Å². The minimum absolute atomic E-state index is 0.0175. The normalized spacial score (nSPS) is 31.2. The van der Waals surface area contributed by atoms with Crippen LogP contribution in [0.15, 0.2) is 29.2 Å². The van der Waals surface area contributed by atoms with Crippen LogP contribution in [0, 0.1) is 6.92 Å². The Labute approximate surface area is 118 Å². The lowest BCUT2D eigenvalue weighted by molar-refractivity contribution is -0.221. The Bertz CT molecular complexity index is 553. The zero-order chi connectivity index (χ0) is 14.9. The molecule has 1 aromatic carbocycles. The van der Waals surface area contributed by atoms with Gasteiger partial charge in [-0.2, -0.15) is 8.42 Å². The van der Waals surface area contributed by atoms with Crippen molar-refractivity contribution in [3.8, 4) is 0 Å². The molecule has 0 unspecified atom stereocenters. The molecule has 1 fully saturated rings. The Morgan fingerprint density at radius 1 is 1.25 bits per heavy atom. The second kappa shape index (κ2) is 5.79. The number of rotatable bonds is 3. The molecule has 0 bridgehead atoms. The first kappa shape index (κ1) is 15.4. The molecule has 4 atom stereocenters. The van der Waals surface area contributed by atoms with Crippen LogP contribution in [0.5, 0.6) is 0 Å². The third kappa shape index (κ3) is 3.36. The van der Waals surface area contributed by atoms with Crippen molar-refractivity contribution in [1.29, 1.82) is 0 Å². The van der Waals surface area contributed by atoms with Crippen LogP contribution in [0.1, 0.15) is 18.9 Å². The highest BCUT2D eigenvalue weighted by Crippen LogP contribution is 2.25. The lowest BCUT2D eigenvalue weighted by Gasteiger charge is -2.34. The molecule has 0 saturated carbocycles. The van der Waals surface area contributed by atoms with Crippen molar-refractivity contribution in [3.63, 3.8) is 0 Å². The van der Waals surface area contributed by atoms with Crippen LogP contribution in [0.4, 0.5) is 0 Å². The van der Waals surface area contributed by atoms with Crippen molar-refractivity contribution in [2.45, 2.75) is 49.8 Å². The number of ether oxygens (including phenoxy) is 1. The molecule has 0 radical (unpaired) electrons. The maximum Gasteiger partial charge on any atom is 0.297 e. The highest BCUT2D eigenvalue weighted by atomic mass is 32.2. The zero-order valence-corrected chi connectivity index (χ0v) is 12.1. The zero-order valence-electron chi connectivity index (χ0n) is 11.3. The number of aryl methyl sites for hydroxylation is 1. The summed E-state index contributed by atoms with van der Waals surface area (Å²) in [7, 11) is -3.98. The molecule has 0 aliphatic carbocycles. The van der Waals surface area contributed by atoms with Gasteiger partial charge < -0.3 is 14.9 Å². The van der Waals surface area contributed by atoms with Gasteiger partial charge in [-0.1, -0.05) is 17.7 Å². The van der Waals surface area contributed by atoms with Gasteiger partial charge >= 0.3 is 0 Å². The molecule has 20 heavy (non-hydrogen) atoms. The van der Waals surface area contributed by atoms with Gasteiger partial charge in [0.25, 0.3) is 10.1 Å². The van der Waals surface area contributed by atoms with E-state index in [0.717, 1.165) is 5.56 Å². The quantitative estimate of drug-likeness (QED) is 0.792. The fourth-order valence-electron chi connectivity index (χ4n) is 2.04. The summed E-state index contributed by atoms with van der Waals surface area (Å²) >= 11 is 0. The first-order valence-corrected chi connectivity index (χ1v) is 7.72. The van der Waals surface area contributed by atoms with E-state index in [0.29, 0.717) is 0 Å². The predicted molar refractivity (Wildman–Crippen MR) is 70.4 cm³/mol. The average molecular weight is 302 g/mol. The molecular weight excluding hydrogens is 284 g/mol. The largest absolute Gasteiger partial charge is 0.388 e. The van der Waals surface area contributed by atoms with Crippen molar-refractivity contribution < 1.29 is 27.6 Å². The van der Waals surface area contributed by atoms with Gasteiger partial charge in [-0.25, -0.2) is 0 Å². The highest BCUT2D eigenvalue weighted by Gasteiger charge is 2.38. The van der Waals surface area contributed by atoms with E-state index in [2.05, 4.69) is 0 Å². The van der Waals surface area contributed by atoms with Gasteiger partial charge in [-0.15, -0.1) is 0 Å². The topological polar surface area (TPSA) is 93.1 Å². The summed E-state index contributed by atoms with van der Waals surface area (Å²) in [6.07, 6.45) is -4.08. The molecule has 1 saturated heterocycles. The molecule has 6 nitrogen and oxygen atoms in total. The number of aliphatic hydroxyl groups excluding tert-OH is 2. The van der Waals surface area contributed by atoms with Crippen LogP contribution in [0.2, 0.25) is 0 Å². The lowest BCUT2D eigenvalue weighted by Crippen LogP contribution is -2.48. The average Bonchev–Trinajstić information content (AvgIpc) is 2.35. The fourth-order valence-corrected chi connectivity index (χ4v) is 3.14. The van der Waals surface area contributed by atoms with Gasteiger partial charge in [-0.05, 0) is 26.0 Å². The van der Waals surface area contributed by atoms with Gasteiger partial charge in [-0.3, -0.25) is 4.18 Å². The minimum Gasteiger partial charge on any atom is -0.388 e. The van der Waals surface area contributed by atoms with Crippen molar-refractivity contribution >= 4 is 10.1 Å². The Balaban J connectivity index is 2.17. The molecule has 7 heteroatoms. The highest BCUT2D eigenvalue weighted by molar-refractivity contribution is 7.86. The molecular formula is C13H18O6S. The smallest absolute Gasteiger partial charge is 0.297 e. The Hall–Kier alpha value is -0.990. The van der Waals surface area contributed by atoms with E-state index in [-0.39, 0.29) is 11.3 Å². The van der Waals surface area contributed by atoms with E-state index in [4.69, 9.17) is 8.92 Å². The van der Waals surface area contributed by atoms with Crippen LogP contribution in [-0.4, -0.2) is 43.2 Å². The molecule has 112 valence electrons. The maximum atomic E-state index is 12.1. The van der Waals surface area contributed by atoms with Gasteiger partial charge in [0.15, 0.2) is 6.29 Å². The van der Waals surface area contributed by atoms with Crippen molar-refractivity contribution in [3.05, 3.63) is 29.8 Å². The molecule has 2 rings (SSSR count). The first-order chi connectivity index (χ1) is 9.29. The maximum absolute atomic E-state index is 12.1. The van der Waals surface area contributed by atoms with Crippen molar-refractivity contribution in [2.24, 2.45) is 0 Å². The number of aliphatic hydroxyl groups is 2. The van der Waals surface area contributed by atoms with Crippen LogP contribution in [0.25, 0.3) is 0 Å². The number of benzene rings is 1. The predicted octanol–water partition coefficient (Wildman–Crippen LogP) is 0.557. The monoisotopic (exact) mass is 302 g/mol. The number of hydrogen-bond acceptors (Lipinski definition) is 6. The van der Waals surface area contributed by atoms with Crippen molar-refractivity contribution in [1.82, 2.24) is 0 Å². The molecule has 1 heterocycles. The van der Waals surface area contributed by atoms with Crippen LogP contribution in [-0.2, 0) is 19.0 Å². The standard InChI is InChI=1S/C13H18O6S/c1-8-3-5-10(6-4-8)20(16,17)19-11-7-12(14)18-9(2)13(11)15/h3-6,9,11-15H,7H2,1-2H3/t9-,11-,12+,13-/m0/s1. The van der Waals surface area contributed by atoms with E-state index in [1.807, 2.05) is 6.92 Å². The van der Waals surface area contributed by atoms with E-state index in [9.17, 15) is 18.6 Å². The Kier molecular flexibility index (Phi) is 4.46. The van der Waals surface area contributed by atoms with Gasteiger partial charge in [0, 0.05) is 6.42 Å². The van der Waals surface area contributed by atoms with Crippen LogP contribution in [0.3, 0.4) is 0 Å². The fraction of sp³-hybridized carbons (Fsp3) is 0.538. The first-order valence-electron chi connectivity index (χ1n) is 6.31. The SMILES string of the molecule is Cc1ccc(S(=O)(=O)O[C@H]2C[C@H](O)O[C@@H](C)[C@@H]2O)cc1.